The first-order valence-electron chi connectivity index (χ1n) is 6.98. The van der Waals surface area contributed by atoms with Gasteiger partial charge >= 0.3 is 0 Å². The van der Waals surface area contributed by atoms with Crippen LogP contribution in [0.5, 0.6) is 5.75 Å². The first-order valence-corrected chi connectivity index (χ1v) is 6.98. The molecule has 0 atom stereocenters. The maximum absolute atomic E-state index is 5.27. The van der Waals surface area contributed by atoms with E-state index in [1.807, 2.05) is 6.07 Å². The number of hydrogen-bond acceptors (Lipinski definition) is 4. The molecule has 0 aliphatic carbocycles. The van der Waals surface area contributed by atoms with Gasteiger partial charge in [0.1, 0.15) is 5.75 Å². The number of anilines is 1. The molecule has 0 bridgehead atoms. The van der Waals surface area contributed by atoms with Crippen molar-refractivity contribution < 1.29 is 4.74 Å². The predicted molar refractivity (Wildman–Crippen MR) is 80.2 cm³/mol. The number of aryl methyl sites for hydroxylation is 1. The Bertz CT molecular complexity index is 400. The molecule has 4 heteroatoms. The van der Waals surface area contributed by atoms with Crippen molar-refractivity contribution in [3.8, 4) is 5.75 Å². The molecule has 4 nitrogen and oxygen atoms in total. The summed E-state index contributed by atoms with van der Waals surface area (Å²) in [4.78, 5) is 4.90. The molecule has 0 radical (unpaired) electrons. The van der Waals surface area contributed by atoms with E-state index in [0.717, 1.165) is 18.8 Å². The van der Waals surface area contributed by atoms with Crippen molar-refractivity contribution in [1.82, 2.24) is 9.80 Å². The lowest BCUT2D eigenvalue weighted by Gasteiger charge is -2.32. The first-order chi connectivity index (χ1) is 9.19. The third-order valence-electron chi connectivity index (χ3n) is 3.75. The van der Waals surface area contributed by atoms with E-state index in [1.165, 1.54) is 37.4 Å². The molecule has 0 spiro atoms. The van der Waals surface area contributed by atoms with Crippen LogP contribution in [0.25, 0.3) is 0 Å². The fourth-order valence-corrected chi connectivity index (χ4v) is 2.42. The van der Waals surface area contributed by atoms with Gasteiger partial charge in [-0.3, -0.25) is 4.90 Å². The number of ether oxygens (including phenoxy) is 1. The van der Waals surface area contributed by atoms with Gasteiger partial charge in [0, 0.05) is 45.0 Å². The van der Waals surface area contributed by atoms with E-state index >= 15 is 0 Å². The summed E-state index contributed by atoms with van der Waals surface area (Å²) in [6, 6.07) is 6.24. The minimum Gasteiger partial charge on any atom is -0.496 e. The molecule has 1 fully saturated rings. The van der Waals surface area contributed by atoms with Gasteiger partial charge in [-0.1, -0.05) is 0 Å². The number of benzene rings is 1. The highest BCUT2D eigenvalue weighted by Gasteiger charge is 2.12. The zero-order valence-electron chi connectivity index (χ0n) is 12.3. The summed E-state index contributed by atoms with van der Waals surface area (Å²) in [6.07, 6.45) is 0. The number of nitrogens with zero attached hydrogens (tertiary/aromatic N) is 2. The fourth-order valence-electron chi connectivity index (χ4n) is 2.42. The van der Waals surface area contributed by atoms with Gasteiger partial charge in [-0.2, -0.15) is 0 Å². The van der Waals surface area contributed by atoms with Crippen LogP contribution in [0.2, 0.25) is 0 Å². The van der Waals surface area contributed by atoms with Gasteiger partial charge in [-0.05, 0) is 37.7 Å². The van der Waals surface area contributed by atoms with E-state index in [2.05, 4.69) is 41.2 Å². The fraction of sp³-hybridized carbons (Fsp3) is 0.600. The Morgan fingerprint density at radius 2 is 1.95 bits per heavy atom. The van der Waals surface area contributed by atoms with Crippen LogP contribution in [0.4, 0.5) is 5.69 Å². The van der Waals surface area contributed by atoms with E-state index < -0.39 is 0 Å². The lowest BCUT2D eigenvalue weighted by atomic mass is 10.2. The smallest absolute Gasteiger partial charge is 0.121 e. The standard InChI is InChI=1S/C15H25N3O/c1-13-12-14(4-5-15(13)19-3)16-6-7-18-10-8-17(2)9-11-18/h4-5,12,16H,6-11H2,1-3H3. The maximum Gasteiger partial charge on any atom is 0.121 e. The summed E-state index contributed by atoms with van der Waals surface area (Å²) in [7, 11) is 3.90. The highest BCUT2D eigenvalue weighted by atomic mass is 16.5. The third-order valence-corrected chi connectivity index (χ3v) is 3.75. The average Bonchev–Trinajstić information content (AvgIpc) is 2.41. The second kappa shape index (κ2) is 6.78. The van der Waals surface area contributed by atoms with E-state index in [1.54, 1.807) is 7.11 Å². The van der Waals surface area contributed by atoms with Crippen molar-refractivity contribution in [2.45, 2.75) is 6.92 Å². The molecule has 1 N–H and O–H groups in total. The van der Waals surface area contributed by atoms with E-state index in [-0.39, 0.29) is 0 Å². The molecule has 106 valence electrons. The predicted octanol–water partition coefficient (Wildman–Crippen LogP) is 1.66. The van der Waals surface area contributed by atoms with Crippen molar-refractivity contribution in [3.63, 3.8) is 0 Å². The van der Waals surface area contributed by atoms with E-state index in [4.69, 9.17) is 4.74 Å². The molecule has 0 unspecified atom stereocenters. The number of piperazine rings is 1. The summed E-state index contributed by atoms with van der Waals surface area (Å²) in [5.41, 5.74) is 2.35. The normalized spacial score (nSPS) is 17.4. The molecule has 0 amide bonds. The van der Waals surface area contributed by atoms with Crippen molar-refractivity contribution in [1.29, 1.82) is 0 Å². The highest BCUT2D eigenvalue weighted by molar-refractivity contribution is 5.50. The first kappa shape index (κ1) is 14.2. The van der Waals surface area contributed by atoms with Crippen LogP contribution < -0.4 is 10.1 Å². The van der Waals surface area contributed by atoms with Gasteiger partial charge in [0.15, 0.2) is 0 Å². The van der Waals surface area contributed by atoms with Gasteiger partial charge in [0.2, 0.25) is 0 Å². The van der Waals surface area contributed by atoms with Gasteiger partial charge < -0.3 is 15.0 Å². The van der Waals surface area contributed by atoms with Gasteiger partial charge in [-0.25, -0.2) is 0 Å². The summed E-state index contributed by atoms with van der Waals surface area (Å²) < 4.78 is 5.27. The number of methoxy groups -OCH3 is 1. The zero-order valence-corrected chi connectivity index (χ0v) is 12.3. The lowest BCUT2D eigenvalue weighted by Crippen LogP contribution is -2.45. The SMILES string of the molecule is COc1ccc(NCCN2CCN(C)CC2)cc1C. The van der Waals surface area contributed by atoms with Crippen LogP contribution in [0.1, 0.15) is 5.56 Å². The van der Waals surface area contributed by atoms with Crippen LogP contribution in [0.3, 0.4) is 0 Å². The molecule has 1 aliphatic heterocycles. The van der Waals surface area contributed by atoms with Crippen LogP contribution in [0, 0.1) is 6.92 Å². The Kier molecular flexibility index (Phi) is 5.05. The maximum atomic E-state index is 5.27. The molecule has 0 saturated carbocycles. The Hall–Kier alpha value is -1.26. The highest BCUT2D eigenvalue weighted by Crippen LogP contribution is 2.21. The molecule has 1 aliphatic rings. The zero-order chi connectivity index (χ0) is 13.7. The van der Waals surface area contributed by atoms with Crippen molar-refractivity contribution in [2.75, 3.05) is 58.7 Å². The number of likely N-dealkylation sites (N-methyl/N-ethyl adjacent to an activating group) is 1. The molecule has 1 saturated heterocycles. The molecule has 1 aromatic carbocycles. The molecular formula is C15H25N3O. The number of hydrogen-bond donors (Lipinski definition) is 1. The summed E-state index contributed by atoms with van der Waals surface area (Å²) in [6.45, 7) is 8.90. The molecular weight excluding hydrogens is 238 g/mol. The van der Waals surface area contributed by atoms with E-state index in [9.17, 15) is 0 Å². The van der Waals surface area contributed by atoms with Crippen molar-refractivity contribution >= 4 is 5.69 Å². The molecule has 19 heavy (non-hydrogen) atoms. The van der Waals surface area contributed by atoms with Gasteiger partial charge in [-0.15, -0.1) is 0 Å². The Labute approximate surface area is 116 Å². The summed E-state index contributed by atoms with van der Waals surface area (Å²) in [5.74, 6) is 0.949. The van der Waals surface area contributed by atoms with Crippen LogP contribution in [-0.4, -0.2) is 63.2 Å². The summed E-state index contributed by atoms with van der Waals surface area (Å²) >= 11 is 0. The van der Waals surface area contributed by atoms with Crippen LogP contribution in [-0.2, 0) is 0 Å². The monoisotopic (exact) mass is 263 g/mol. The van der Waals surface area contributed by atoms with Crippen LogP contribution >= 0.6 is 0 Å². The number of rotatable bonds is 5. The van der Waals surface area contributed by atoms with Gasteiger partial charge in [0.25, 0.3) is 0 Å². The third kappa shape index (κ3) is 4.11. The van der Waals surface area contributed by atoms with E-state index in [0.29, 0.717) is 0 Å². The second-order valence-electron chi connectivity index (χ2n) is 5.26. The molecule has 1 aromatic rings. The minimum absolute atomic E-state index is 0.949. The Balaban J connectivity index is 1.75. The lowest BCUT2D eigenvalue weighted by molar-refractivity contribution is 0.158. The topological polar surface area (TPSA) is 27.7 Å². The average molecular weight is 263 g/mol. The van der Waals surface area contributed by atoms with Crippen LogP contribution in [0.15, 0.2) is 18.2 Å². The Morgan fingerprint density at radius 1 is 1.21 bits per heavy atom. The molecule has 2 rings (SSSR count). The minimum atomic E-state index is 0.949. The Morgan fingerprint density at radius 3 is 2.58 bits per heavy atom. The summed E-state index contributed by atoms with van der Waals surface area (Å²) in [5, 5.41) is 3.48. The second-order valence-corrected chi connectivity index (χ2v) is 5.26. The quantitative estimate of drug-likeness (QED) is 0.874. The number of nitrogens with one attached hydrogen (secondary N) is 1. The largest absolute Gasteiger partial charge is 0.496 e. The van der Waals surface area contributed by atoms with Gasteiger partial charge in [0.05, 0.1) is 7.11 Å². The van der Waals surface area contributed by atoms with Crippen molar-refractivity contribution in [2.24, 2.45) is 0 Å². The van der Waals surface area contributed by atoms with Crippen molar-refractivity contribution in [3.05, 3.63) is 23.8 Å². The molecule has 1 heterocycles. The molecule has 0 aromatic heterocycles.